The maximum atomic E-state index is 13.2. The van der Waals surface area contributed by atoms with Crippen LogP contribution in [-0.4, -0.2) is 63.7 Å². The number of ether oxygens (including phenoxy) is 1. The van der Waals surface area contributed by atoms with Crippen molar-refractivity contribution in [1.29, 1.82) is 0 Å². The van der Waals surface area contributed by atoms with E-state index in [1.54, 1.807) is 20.0 Å². The van der Waals surface area contributed by atoms with Gasteiger partial charge in [0.2, 0.25) is 5.88 Å². The molecule has 1 fully saturated rings. The first-order valence-corrected chi connectivity index (χ1v) is 16.0. The molecule has 3 aromatic rings. The molecular formula is C29H38BN5O7S. The summed E-state index contributed by atoms with van der Waals surface area (Å²) in [6.07, 6.45) is 8.09. The van der Waals surface area contributed by atoms with E-state index in [0.29, 0.717) is 24.4 Å². The van der Waals surface area contributed by atoms with Crippen LogP contribution < -0.4 is 14.8 Å². The van der Waals surface area contributed by atoms with Crippen LogP contribution >= 0.6 is 0 Å². The van der Waals surface area contributed by atoms with Gasteiger partial charge < -0.3 is 25.2 Å². The highest BCUT2D eigenvalue weighted by Gasteiger charge is 2.34. The van der Waals surface area contributed by atoms with E-state index in [1.807, 2.05) is 19.1 Å². The van der Waals surface area contributed by atoms with Crippen LogP contribution in [0.4, 0.5) is 10.5 Å². The fourth-order valence-electron chi connectivity index (χ4n) is 5.75. The Balaban J connectivity index is 1.38. The molecule has 14 heteroatoms. The number of hydrogen-bond acceptors (Lipinski definition) is 9. The fourth-order valence-corrected chi connectivity index (χ4v) is 6.61. The number of aliphatic hydroxyl groups excluding tert-OH is 1. The Morgan fingerprint density at radius 1 is 1.16 bits per heavy atom. The van der Waals surface area contributed by atoms with Gasteiger partial charge in [-0.15, -0.1) is 0 Å². The van der Waals surface area contributed by atoms with Gasteiger partial charge in [-0.05, 0) is 86.3 Å². The van der Waals surface area contributed by atoms with E-state index in [0.717, 1.165) is 59.9 Å². The standard InChI is InChI=1S/C29H38BN5O7S/c1-18-15-19-5-4-6-23(19)27(26(18)20-11-13-31-24(16-20)42-22-9-7-21(36)8-10-22)32-28(37)34-43(40,41)25-12-14-35(33-25)17-29(2,3)30(38)39/h11-16,21-22,36,38-39H,4-10,17H2,1-3H3,(H2,32,34,37). The lowest BCUT2D eigenvalue weighted by Gasteiger charge is -2.26. The van der Waals surface area contributed by atoms with Gasteiger partial charge in [0.1, 0.15) is 6.10 Å². The van der Waals surface area contributed by atoms with Crippen LogP contribution in [0.15, 0.2) is 41.7 Å². The predicted molar refractivity (Wildman–Crippen MR) is 161 cm³/mol. The number of aromatic nitrogens is 3. The highest BCUT2D eigenvalue weighted by molar-refractivity contribution is 7.90. The summed E-state index contributed by atoms with van der Waals surface area (Å²) in [6.45, 7) is 5.21. The Kier molecular flexibility index (Phi) is 8.84. The quantitative estimate of drug-likeness (QED) is 0.228. The smallest absolute Gasteiger partial charge is 0.459 e. The van der Waals surface area contributed by atoms with E-state index in [2.05, 4.69) is 26.2 Å². The largest absolute Gasteiger partial charge is 0.474 e. The number of carbonyl (C=O) groups is 1. The van der Waals surface area contributed by atoms with Gasteiger partial charge in [0.15, 0.2) is 5.03 Å². The zero-order valence-corrected chi connectivity index (χ0v) is 25.4. The molecule has 5 rings (SSSR count). The Hall–Kier alpha value is -3.46. The predicted octanol–water partition coefficient (Wildman–Crippen LogP) is 3.19. The number of fused-ring (bicyclic) bond motifs is 1. The summed E-state index contributed by atoms with van der Waals surface area (Å²) in [5.41, 5.74) is 5.07. The van der Waals surface area contributed by atoms with Crippen molar-refractivity contribution in [3.05, 3.63) is 53.3 Å². The average Bonchev–Trinajstić information content (AvgIpc) is 3.60. The first kappa shape index (κ1) is 31.0. The molecule has 2 amide bonds. The van der Waals surface area contributed by atoms with Gasteiger partial charge in [-0.2, -0.15) is 13.5 Å². The second-order valence-corrected chi connectivity index (χ2v) is 13.8. The Labute approximate surface area is 251 Å². The molecule has 2 aliphatic carbocycles. The number of carbonyl (C=O) groups excluding carboxylic acids is 1. The average molecular weight is 612 g/mol. The molecule has 1 saturated carbocycles. The minimum Gasteiger partial charge on any atom is -0.474 e. The van der Waals surface area contributed by atoms with Crippen molar-refractivity contribution in [3.63, 3.8) is 0 Å². The zero-order valence-electron chi connectivity index (χ0n) is 24.6. The maximum absolute atomic E-state index is 13.2. The molecule has 1 aromatic carbocycles. The maximum Gasteiger partial charge on any atom is 0.459 e. The van der Waals surface area contributed by atoms with E-state index >= 15 is 0 Å². The lowest BCUT2D eigenvalue weighted by Crippen LogP contribution is -2.35. The molecule has 0 spiro atoms. The molecule has 12 nitrogen and oxygen atoms in total. The first-order valence-electron chi connectivity index (χ1n) is 14.5. The number of hydrogen-bond donors (Lipinski definition) is 5. The van der Waals surface area contributed by atoms with Crippen molar-refractivity contribution in [3.8, 4) is 17.0 Å². The van der Waals surface area contributed by atoms with Gasteiger partial charge in [0.25, 0.3) is 10.0 Å². The second kappa shape index (κ2) is 12.3. The molecule has 2 heterocycles. The van der Waals surface area contributed by atoms with Crippen molar-refractivity contribution in [1.82, 2.24) is 19.5 Å². The number of benzene rings is 1. The number of urea groups is 1. The van der Waals surface area contributed by atoms with E-state index in [1.165, 1.54) is 16.9 Å². The molecule has 43 heavy (non-hydrogen) atoms. The minimum absolute atomic E-state index is 0.0379. The Morgan fingerprint density at radius 3 is 2.63 bits per heavy atom. The molecule has 5 N–H and O–H groups in total. The molecule has 0 atom stereocenters. The molecule has 0 saturated heterocycles. The van der Waals surface area contributed by atoms with E-state index in [4.69, 9.17) is 4.74 Å². The SMILES string of the molecule is Cc1cc2c(c(NC(=O)NS(=O)(=O)c3ccn(CC(C)(C)B(O)O)n3)c1-c1ccnc(OC3CCC(O)CC3)c1)CCC2. The summed E-state index contributed by atoms with van der Waals surface area (Å²) < 4.78 is 35.6. The number of nitrogens with one attached hydrogen (secondary N) is 2. The van der Waals surface area contributed by atoms with Crippen molar-refractivity contribution < 1.29 is 33.1 Å². The summed E-state index contributed by atoms with van der Waals surface area (Å²) in [5.74, 6) is 0.448. The van der Waals surface area contributed by atoms with Crippen LogP contribution in [-0.2, 0) is 29.4 Å². The van der Waals surface area contributed by atoms with Gasteiger partial charge >= 0.3 is 13.1 Å². The van der Waals surface area contributed by atoms with Gasteiger partial charge in [0.05, 0.1) is 11.8 Å². The Morgan fingerprint density at radius 2 is 1.91 bits per heavy atom. The molecule has 2 aliphatic rings. The lowest BCUT2D eigenvalue weighted by molar-refractivity contribution is 0.0644. The van der Waals surface area contributed by atoms with Crippen LogP contribution in [0.1, 0.15) is 62.6 Å². The van der Waals surface area contributed by atoms with Crippen molar-refractivity contribution >= 4 is 28.9 Å². The molecule has 0 aliphatic heterocycles. The summed E-state index contributed by atoms with van der Waals surface area (Å²) >= 11 is 0. The van der Waals surface area contributed by atoms with E-state index in [9.17, 15) is 28.4 Å². The normalized spacial score (nSPS) is 18.7. The van der Waals surface area contributed by atoms with Gasteiger partial charge in [-0.3, -0.25) is 4.68 Å². The van der Waals surface area contributed by atoms with Crippen LogP contribution in [0.2, 0.25) is 5.31 Å². The van der Waals surface area contributed by atoms with Crippen LogP contribution in [0.3, 0.4) is 0 Å². The van der Waals surface area contributed by atoms with Gasteiger partial charge in [-0.1, -0.05) is 19.9 Å². The number of anilines is 1. The fraction of sp³-hybridized carbons (Fsp3) is 0.483. The summed E-state index contributed by atoms with van der Waals surface area (Å²) in [5, 5.41) is 34.5. The Bertz CT molecular complexity index is 1600. The molecule has 0 unspecified atom stereocenters. The number of amides is 2. The number of rotatable bonds is 9. The van der Waals surface area contributed by atoms with Crippen LogP contribution in [0.5, 0.6) is 5.88 Å². The summed E-state index contributed by atoms with van der Waals surface area (Å²) in [6, 6.07) is 6.09. The molecule has 0 bridgehead atoms. The number of aliphatic hydroxyl groups is 1. The molecule has 0 radical (unpaired) electrons. The van der Waals surface area contributed by atoms with E-state index in [-0.39, 0.29) is 23.8 Å². The first-order chi connectivity index (χ1) is 20.3. The summed E-state index contributed by atoms with van der Waals surface area (Å²) in [7, 11) is -5.96. The third-order valence-electron chi connectivity index (χ3n) is 8.18. The lowest BCUT2D eigenvalue weighted by atomic mass is 9.60. The number of sulfonamides is 1. The molecule has 230 valence electrons. The van der Waals surface area contributed by atoms with Crippen molar-refractivity contribution in [2.45, 2.75) is 94.8 Å². The highest BCUT2D eigenvalue weighted by atomic mass is 32.2. The third kappa shape index (κ3) is 7.03. The molecular weight excluding hydrogens is 573 g/mol. The van der Waals surface area contributed by atoms with Crippen molar-refractivity contribution in [2.75, 3.05) is 5.32 Å². The second-order valence-electron chi connectivity index (χ2n) is 12.1. The number of nitrogens with zero attached hydrogens (tertiary/aromatic N) is 3. The van der Waals surface area contributed by atoms with Crippen LogP contribution in [0, 0.1) is 6.92 Å². The number of pyridine rings is 1. The topological polar surface area (TPSA) is 176 Å². The monoisotopic (exact) mass is 611 g/mol. The third-order valence-corrected chi connectivity index (χ3v) is 9.40. The highest BCUT2D eigenvalue weighted by Crippen LogP contribution is 2.41. The minimum atomic E-state index is -4.33. The van der Waals surface area contributed by atoms with E-state index < -0.39 is 28.5 Å². The van der Waals surface area contributed by atoms with Gasteiger partial charge in [-0.25, -0.2) is 14.5 Å². The van der Waals surface area contributed by atoms with Crippen LogP contribution in [0.25, 0.3) is 11.1 Å². The zero-order chi connectivity index (χ0) is 30.9. The van der Waals surface area contributed by atoms with Gasteiger partial charge in [0, 0.05) is 35.9 Å². The van der Waals surface area contributed by atoms with Crippen molar-refractivity contribution in [2.24, 2.45) is 0 Å². The molecule has 2 aromatic heterocycles. The summed E-state index contributed by atoms with van der Waals surface area (Å²) in [4.78, 5) is 17.6. The number of aryl methyl sites for hydroxylation is 2.